The van der Waals surface area contributed by atoms with Gasteiger partial charge in [-0.15, -0.1) is 11.3 Å². The fraction of sp³-hybridized carbons (Fsp3) is 0.250. The molecule has 6 heteroatoms. The van der Waals surface area contributed by atoms with E-state index >= 15 is 0 Å². The number of rotatable bonds is 6. The van der Waals surface area contributed by atoms with Crippen LogP contribution >= 0.6 is 11.3 Å². The highest BCUT2D eigenvalue weighted by Gasteiger charge is 2.35. The maximum atomic E-state index is 12.7. The summed E-state index contributed by atoms with van der Waals surface area (Å²) < 4.78 is 5.93. The van der Waals surface area contributed by atoms with Crippen molar-refractivity contribution in [2.24, 2.45) is 0 Å². The lowest BCUT2D eigenvalue weighted by Crippen LogP contribution is -2.23. The van der Waals surface area contributed by atoms with Crippen LogP contribution in [0.5, 0.6) is 5.75 Å². The topological polar surface area (TPSA) is 75.6 Å². The Morgan fingerprint density at radius 3 is 2.63 bits per heavy atom. The highest BCUT2D eigenvalue weighted by molar-refractivity contribution is 7.15. The van der Waals surface area contributed by atoms with Gasteiger partial charge < -0.3 is 15.2 Å². The van der Waals surface area contributed by atoms with Gasteiger partial charge in [0.15, 0.2) is 0 Å². The number of fused-ring (bicyclic) bond motifs is 1. The van der Waals surface area contributed by atoms with Crippen molar-refractivity contribution in [2.45, 2.75) is 32.6 Å². The zero-order valence-electron chi connectivity index (χ0n) is 16.9. The van der Waals surface area contributed by atoms with E-state index in [1.54, 1.807) is 0 Å². The molecule has 2 heterocycles. The van der Waals surface area contributed by atoms with Gasteiger partial charge in [0.25, 0.3) is 0 Å². The van der Waals surface area contributed by atoms with Crippen molar-refractivity contribution < 1.29 is 19.4 Å². The zero-order valence-corrected chi connectivity index (χ0v) is 17.7. The van der Waals surface area contributed by atoms with Crippen LogP contribution in [0.25, 0.3) is 11.1 Å². The molecule has 1 aliphatic rings. The molecule has 0 saturated heterocycles. The Hall–Kier alpha value is -3.12. The van der Waals surface area contributed by atoms with E-state index in [0.717, 1.165) is 33.7 Å². The molecule has 154 valence electrons. The third kappa shape index (κ3) is 3.71. The highest BCUT2D eigenvalue weighted by atomic mass is 32.1. The second-order valence-corrected chi connectivity index (χ2v) is 8.46. The van der Waals surface area contributed by atoms with Gasteiger partial charge in [-0.3, -0.25) is 4.79 Å². The van der Waals surface area contributed by atoms with Gasteiger partial charge in [-0.05, 0) is 25.0 Å². The number of anilines is 1. The molecule has 0 bridgehead atoms. The first-order chi connectivity index (χ1) is 14.5. The van der Waals surface area contributed by atoms with E-state index in [4.69, 9.17) is 4.74 Å². The number of carboxylic acids is 1. The van der Waals surface area contributed by atoms with Gasteiger partial charge >= 0.3 is 5.97 Å². The monoisotopic (exact) mass is 421 g/mol. The molecule has 2 aromatic carbocycles. The number of carbonyl (C=O) groups is 2. The summed E-state index contributed by atoms with van der Waals surface area (Å²) in [6, 6.07) is 15.4. The first-order valence-electron chi connectivity index (χ1n) is 9.98. The quantitative estimate of drug-likeness (QED) is 0.536. The molecule has 0 spiro atoms. The van der Waals surface area contributed by atoms with Crippen LogP contribution in [0.4, 0.5) is 5.69 Å². The van der Waals surface area contributed by atoms with Gasteiger partial charge in [-0.25, -0.2) is 4.79 Å². The Balaban J connectivity index is 1.89. The normalized spacial score (nSPS) is 15.4. The third-order valence-electron chi connectivity index (χ3n) is 5.20. The number of amides is 1. The lowest BCUT2D eigenvalue weighted by Gasteiger charge is -2.25. The average Bonchev–Trinajstić information content (AvgIpc) is 3.12. The van der Waals surface area contributed by atoms with Crippen LogP contribution in [0.3, 0.4) is 0 Å². The number of hydrogen-bond acceptors (Lipinski definition) is 4. The summed E-state index contributed by atoms with van der Waals surface area (Å²) in [4.78, 5) is 25.8. The molecule has 0 saturated carbocycles. The maximum absolute atomic E-state index is 12.7. The molecule has 0 fully saturated rings. The van der Waals surface area contributed by atoms with Gasteiger partial charge in [0.05, 0.1) is 12.3 Å². The van der Waals surface area contributed by atoms with E-state index in [1.807, 2.05) is 62.4 Å². The van der Waals surface area contributed by atoms with Crippen LogP contribution in [0.1, 0.15) is 51.4 Å². The molecule has 0 radical (unpaired) electrons. The molecular formula is C24H23NO4S. The lowest BCUT2D eigenvalue weighted by atomic mass is 9.88. The number of para-hydroxylation sites is 1. The summed E-state index contributed by atoms with van der Waals surface area (Å²) in [5, 5.41) is 12.8. The molecule has 1 atom stereocenters. The first kappa shape index (κ1) is 20.2. The smallest absolute Gasteiger partial charge is 0.346 e. The molecule has 1 aromatic heterocycles. The number of hydrogen-bond donors (Lipinski definition) is 2. The Bertz CT molecular complexity index is 1100. The number of ether oxygens (including phenoxy) is 1. The molecular weight excluding hydrogens is 398 g/mol. The molecule has 0 aliphatic carbocycles. The minimum Gasteiger partial charge on any atom is -0.493 e. The van der Waals surface area contributed by atoms with E-state index in [1.165, 1.54) is 11.3 Å². The van der Waals surface area contributed by atoms with Crippen LogP contribution in [-0.2, 0) is 4.79 Å². The van der Waals surface area contributed by atoms with E-state index in [2.05, 4.69) is 5.32 Å². The second-order valence-electron chi connectivity index (χ2n) is 7.41. The minimum atomic E-state index is -0.992. The van der Waals surface area contributed by atoms with Gasteiger partial charge in [-0.1, -0.05) is 55.0 Å². The van der Waals surface area contributed by atoms with Crippen molar-refractivity contribution in [3.63, 3.8) is 0 Å². The van der Waals surface area contributed by atoms with Crippen LogP contribution in [-0.4, -0.2) is 23.6 Å². The van der Waals surface area contributed by atoms with Crippen LogP contribution in [0, 0.1) is 6.92 Å². The van der Waals surface area contributed by atoms with E-state index < -0.39 is 5.97 Å². The highest BCUT2D eigenvalue weighted by Crippen LogP contribution is 2.50. The second kappa shape index (κ2) is 8.32. The number of aryl methyl sites for hydroxylation is 1. The Kier molecular flexibility index (Phi) is 5.59. The van der Waals surface area contributed by atoms with Crippen LogP contribution in [0.2, 0.25) is 0 Å². The van der Waals surface area contributed by atoms with Crippen molar-refractivity contribution in [1.82, 2.24) is 0 Å². The summed E-state index contributed by atoms with van der Waals surface area (Å²) in [5.41, 5.74) is 3.96. The predicted molar refractivity (Wildman–Crippen MR) is 119 cm³/mol. The van der Waals surface area contributed by atoms with E-state index in [9.17, 15) is 14.7 Å². The summed E-state index contributed by atoms with van der Waals surface area (Å²) >= 11 is 1.24. The number of aromatic carboxylic acids is 1. The standard InChI is InChI=1S/C24H23NO4S/c1-3-12-29-18-7-5-4-6-16(18)17-13-19(26)25-21-20(15-10-8-14(2)9-11-15)23(24(27)28)30-22(17)21/h4-11,17H,3,12-13H2,1-2H3,(H,25,26)(H,27,28)/t17-/m0/s1. The zero-order chi connectivity index (χ0) is 21.3. The number of carboxylic acid groups (broad SMARTS) is 1. The van der Waals surface area contributed by atoms with Crippen molar-refractivity contribution in [3.05, 3.63) is 69.4 Å². The van der Waals surface area contributed by atoms with Crippen LogP contribution in [0.15, 0.2) is 48.5 Å². The van der Waals surface area contributed by atoms with Crippen LogP contribution < -0.4 is 10.1 Å². The Morgan fingerprint density at radius 2 is 1.93 bits per heavy atom. The third-order valence-corrected chi connectivity index (χ3v) is 6.49. The SMILES string of the molecule is CCCOc1ccccc1[C@@H]1CC(=O)Nc2c1sc(C(=O)O)c2-c1ccc(C)cc1. The molecule has 5 nitrogen and oxygen atoms in total. The van der Waals surface area contributed by atoms with Gasteiger partial charge in [0.2, 0.25) is 5.91 Å². The average molecular weight is 422 g/mol. The summed E-state index contributed by atoms with van der Waals surface area (Å²) in [7, 11) is 0. The number of nitrogens with one attached hydrogen (secondary N) is 1. The Morgan fingerprint density at radius 1 is 1.20 bits per heavy atom. The molecule has 4 rings (SSSR count). The fourth-order valence-electron chi connectivity index (χ4n) is 3.80. The van der Waals surface area contributed by atoms with Crippen molar-refractivity contribution in [3.8, 4) is 16.9 Å². The largest absolute Gasteiger partial charge is 0.493 e. The Labute approximate surface area is 179 Å². The van der Waals surface area contributed by atoms with Crippen molar-refractivity contribution >= 4 is 28.9 Å². The molecule has 0 unspecified atom stereocenters. The lowest BCUT2D eigenvalue weighted by molar-refractivity contribution is -0.116. The summed E-state index contributed by atoms with van der Waals surface area (Å²) in [6.07, 6.45) is 1.14. The van der Waals surface area contributed by atoms with E-state index in [-0.39, 0.29) is 23.1 Å². The number of carbonyl (C=O) groups excluding carboxylic acids is 1. The molecule has 1 amide bonds. The number of benzene rings is 2. The first-order valence-corrected chi connectivity index (χ1v) is 10.8. The predicted octanol–water partition coefficient (Wildman–Crippen LogP) is 5.68. The molecule has 3 aromatic rings. The summed E-state index contributed by atoms with van der Waals surface area (Å²) in [6.45, 7) is 4.61. The molecule has 2 N–H and O–H groups in total. The number of thiophene rings is 1. The minimum absolute atomic E-state index is 0.124. The van der Waals surface area contributed by atoms with Crippen molar-refractivity contribution in [2.75, 3.05) is 11.9 Å². The molecule has 1 aliphatic heterocycles. The van der Waals surface area contributed by atoms with Gasteiger partial charge in [-0.2, -0.15) is 0 Å². The summed E-state index contributed by atoms with van der Waals surface area (Å²) in [5.74, 6) is -0.620. The van der Waals surface area contributed by atoms with E-state index in [0.29, 0.717) is 17.9 Å². The maximum Gasteiger partial charge on any atom is 0.346 e. The fourth-order valence-corrected chi connectivity index (χ4v) is 5.03. The molecule has 30 heavy (non-hydrogen) atoms. The van der Waals surface area contributed by atoms with Gasteiger partial charge in [0, 0.05) is 28.3 Å². The van der Waals surface area contributed by atoms with Gasteiger partial charge in [0.1, 0.15) is 10.6 Å². The van der Waals surface area contributed by atoms with Crippen molar-refractivity contribution in [1.29, 1.82) is 0 Å².